The molecule has 0 saturated carbocycles. The van der Waals surface area contributed by atoms with Gasteiger partial charge >= 0.3 is 0 Å². The highest BCUT2D eigenvalue weighted by molar-refractivity contribution is 6.04. The van der Waals surface area contributed by atoms with E-state index in [0.29, 0.717) is 18.9 Å². The normalized spacial score (nSPS) is 19.7. The van der Waals surface area contributed by atoms with Crippen LogP contribution in [0.2, 0.25) is 0 Å². The molecule has 0 bridgehead atoms. The van der Waals surface area contributed by atoms with Crippen LogP contribution >= 0.6 is 0 Å². The Balaban J connectivity index is 1.34. The summed E-state index contributed by atoms with van der Waals surface area (Å²) in [6.45, 7) is 3.64. The molecule has 0 aliphatic carbocycles. The molecule has 1 N–H and O–H groups in total. The molecule has 2 unspecified atom stereocenters. The van der Waals surface area contributed by atoms with Crippen molar-refractivity contribution in [2.45, 2.75) is 57.8 Å². The topological polar surface area (TPSA) is 66.3 Å². The summed E-state index contributed by atoms with van der Waals surface area (Å²) in [5.41, 5.74) is 2.22. The first-order valence-electron chi connectivity index (χ1n) is 11.1. The van der Waals surface area contributed by atoms with Crippen LogP contribution in [0.25, 0.3) is 0 Å². The van der Waals surface area contributed by atoms with Crippen LogP contribution in [-0.2, 0) is 17.8 Å². The Kier molecular flexibility index (Phi) is 6.97. The lowest BCUT2D eigenvalue weighted by Gasteiger charge is -2.29. The summed E-state index contributed by atoms with van der Waals surface area (Å²) in [7, 11) is 0. The van der Waals surface area contributed by atoms with Crippen LogP contribution in [0.1, 0.15) is 43.7 Å². The fourth-order valence-corrected chi connectivity index (χ4v) is 3.88. The maximum absolute atomic E-state index is 12.5. The number of fused-ring (bicyclic) bond motifs is 1. The zero-order chi connectivity index (χ0) is 21.5. The Bertz CT molecular complexity index is 924. The first-order valence-corrected chi connectivity index (χ1v) is 11.1. The van der Waals surface area contributed by atoms with E-state index in [4.69, 9.17) is 9.73 Å². The highest BCUT2D eigenvalue weighted by Gasteiger charge is 2.39. The predicted molar refractivity (Wildman–Crippen MR) is 123 cm³/mol. The summed E-state index contributed by atoms with van der Waals surface area (Å²) in [5, 5.41) is 2.93. The maximum Gasteiger partial charge on any atom is 0.254 e. The van der Waals surface area contributed by atoms with Crippen molar-refractivity contribution >= 4 is 18.1 Å². The largest absolute Gasteiger partial charge is 0.489 e. The molecule has 0 aromatic heterocycles. The highest BCUT2D eigenvalue weighted by atomic mass is 16.5. The fourth-order valence-electron chi connectivity index (χ4n) is 3.88. The quantitative estimate of drug-likeness (QED) is 0.594. The van der Waals surface area contributed by atoms with Gasteiger partial charge in [-0.15, -0.1) is 0 Å². The molecule has 6 nitrogen and oxygen atoms in total. The van der Waals surface area contributed by atoms with Crippen molar-refractivity contribution in [2.24, 2.45) is 9.98 Å². The van der Waals surface area contributed by atoms with Crippen molar-refractivity contribution in [3.63, 3.8) is 0 Å². The van der Waals surface area contributed by atoms with E-state index < -0.39 is 6.04 Å². The number of aliphatic imine (C=N–C) groups is 2. The summed E-state index contributed by atoms with van der Waals surface area (Å²) < 4.78 is 5.86. The molecule has 2 aromatic rings. The Labute approximate surface area is 184 Å². The van der Waals surface area contributed by atoms with Crippen molar-refractivity contribution in [1.82, 2.24) is 10.2 Å². The molecule has 0 saturated heterocycles. The first kappa shape index (κ1) is 21.1. The van der Waals surface area contributed by atoms with Crippen LogP contribution in [0.5, 0.6) is 5.75 Å². The van der Waals surface area contributed by atoms with Crippen molar-refractivity contribution in [2.75, 3.05) is 6.54 Å². The van der Waals surface area contributed by atoms with E-state index in [0.717, 1.165) is 29.8 Å². The second-order valence-corrected chi connectivity index (χ2v) is 8.08. The van der Waals surface area contributed by atoms with E-state index in [-0.39, 0.29) is 12.1 Å². The van der Waals surface area contributed by atoms with Crippen LogP contribution in [0.3, 0.4) is 0 Å². The van der Waals surface area contributed by atoms with Gasteiger partial charge in [0.25, 0.3) is 5.91 Å². The van der Waals surface area contributed by atoms with Gasteiger partial charge in [0, 0.05) is 13.0 Å². The summed E-state index contributed by atoms with van der Waals surface area (Å²) >= 11 is 0. The maximum atomic E-state index is 12.5. The molecule has 31 heavy (non-hydrogen) atoms. The first-order chi connectivity index (χ1) is 15.2. The third-order valence-corrected chi connectivity index (χ3v) is 5.64. The van der Waals surface area contributed by atoms with Crippen LogP contribution in [-0.4, -0.2) is 41.7 Å². The SMILES string of the molecule is CCCCCCN1C=NC2C(=O)NC(Cc3ccc(OCc4ccccc4)cc3)=NC21. The lowest BCUT2D eigenvalue weighted by Crippen LogP contribution is -2.51. The Morgan fingerprint density at radius 3 is 2.58 bits per heavy atom. The minimum Gasteiger partial charge on any atom is -0.489 e. The number of nitrogens with zero attached hydrogens (tertiary/aromatic N) is 3. The van der Waals surface area contributed by atoms with Crippen molar-refractivity contribution in [3.8, 4) is 5.75 Å². The molecule has 2 aromatic carbocycles. The third kappa shape index (κ3) is 5.51. The molecule has 2 heterocycles. The summed E-state index contributed by atoms with van der Waals surface area (Å²) in [4.78, 5) is 23.8. The number of hydrogen-bond donors (Lipinski definition) is 1. The number of amides is 1. The zero-order valence-corrected chi connectivity index (χ0v) is 18.0. The van der Waals surface area contributed by atoms with Gasteiger partial charge in [0.05, 0.1) is 6.34 Å². The van der Waals surface area contributed by atoms with E-state index >= 15 is 0 Å². The predicted octanol–water partition coefficient (Wildman–Crippen LogP) is 3.96. The van der Waals surface area contributed by atoms with Crippen LogP contribution in [0, 0.1) is 0 Å². The van der Waals surface area contributed by atoms with E-state index in [9.17, 15) is 4.79 Å². The van der Waals surface area contributed by atoms with Gasteiger partial charge in [-0.25, -0.2) is 4.99 Å². The molecule has 2 atom stereocenters. The van der Waals surface area contributed by atoms with Gasteiger partial charge in [-0.05, 0) is 29.7 Å². The van der Waals surface area contributed by atoms with Crippen LogP contribution in [0.4, 0.5) is 0 Å². The molecule has 1 amide bonds. The molecule has 0 fully saturated rings. The number of carbonyl (C=O) groups excluding carboxylic acids is 1. The number of nitrogens with one attached hydrogen (secondary N) is 1. The van der Waals surface area contributed by atoms with Gasteiger partial charge < -0.3 is 15.0 Å². The number of rotatable bonds is 10. The second-order valence-electron chi connectivity index (χ2n) is 8.08. The smallest absolute Gasteiger partial charge is 0.254 e. The second kappa shape index (κ2) is 10.2. The minimum atomic E-state index is -0.427. The third-order valence-electron chi connectivity index (χ3n) is 5.64. The molecule has 2 aliphatic rings. The van der Waals surface area contributed by atoms with Gasteiger partial charge in [0.15, 0.2) is 12.2 Å². The average molecular weight is 419 g/mol. The van der Waals surface area contributed by atoms with Gasteiger partial charge in [-0.2, -0.15) is 0 Å². The van der Waals surface area contributed by atoms with Crippen molar-refractivity contribution in [3.05, 3.63) is 65.7 Å². The highest BCUT2D eigenvalue weighted by Crippen LogP contribution is 2.21. The molecule has 2 aliphatic heterocycles. The van der Waals surface area contributed by atoms with E-state index in [2.05, 4.69) is 22.1 Å². The van der Waals surface area contributed by atoms with Gasteiger partial charge in [0.1, 0.15) is 18.2 Å². The van der Waals surface area contributed by atoms with E-state index in [1.54, 1.807) is 6.34 Å². The summed E-state index contributed by atoms with van der Waals surface area (Å²) in [5.74, 6) is 1.46. The zero-order valence-electron chi connectivity index (χ0n) is 18.0. The fraction of sp³-hybridized carbons (Fsp3) is 0.400. The number of ether oxygens (including phenoxy) is 1. The molecule has 4 rings (SSSR count). The average Bonchev–Trinajstić information content (AvgIpc) is 3.20. The molecular formula is C25H30N4O2. The lowest BCUT2D eigenvalue weighted by molar-refractivity contribution is -0.122. The molecular weight excluding hydrogens is 388 g/mol. The van der Waals surface area contributed by atoms with Crippen molar-refractivity contribution in [1.29, 1.82) is 0 Å². The molecule has 0 spiro atoms. The van der Waals surface area contributed by atoms with E-state index in [1.165, 1.54) is 19.3 Å². The summed E-state index contributed by atoms with van der Waals surface area (Å²) in [6, 6.07) is 17.6. The number of carbonyl (C=O) groups is 1. The van der Waals surface area contributed by atoms with Crippen LogP contribution < -0.4 is 10.1 Å². The lowest BCUT2D eigenvalue weighted by atomic mass is 10.1. The number of amidine groups is 1. The monoisotopic (exact) mass is 418 g/mol. The summed E-state index contributed by atoms with van der Waals surface area (Å²) in [6.07, 6.45) is 6.91. The molecule has 0 radical (unpaired) electrons. The molecule has 162 valence electrons. The Hall–Kier alpha value is -3.15. The van der Waals surface area contributed by atoms with Gasteiger partial charge in [0.2, 0.25) is 0 Å². The Morgan fingerprint density at radius 1 is 1.00 bits per heavy atom. The Morgan fingerprint density at radius 2 is 1.81 bits per heavy atom. The van der Waals surface area contributed by atoms with Gasteiger partial charge in [-0.3, -0.25) is 9.79 Å². The van der Waals surface area contributed by atoms with Crippen LogP contribution in [0.15, 0.2) is 64.6 Å². The number of hydrogen-bond acceptors (Lipinski definition) is 5. The standard InChI is InChI=1S/C25H30N4O2/c1-2-3-4-8-15-29-18-26-23-24(29)27-22(28-25(23)30)16-19-11-13-21(14-12-19)31-17-20-9-6-5-7-10-20/h5-7,9-14,18,23-24H,2-4,8,15-17H2,1H3,(H,27,28,30). The minimum absolute atomic E-state index is 0.0647. The number of unbranched alkanes of at least 4 members (excludes halogenated alkanes) is 3. The molecule has 6 heteroatoms. The van der Waals surface area contributed by atoms with Crippen molar-refractivity contribution < 1.29 is 9.53 Å². The van der Waals surface area contributed by atoms with E-state index in [1.807, 2.05) is 54.6 Å². The number of benzene rings is 2. The van der Waals surface area contributed by atoms with Gasteiger partial charge in [-0.1, -0.05) is 68.7 Å².